The first kappa shape index (κ1) is 10.7. The van der Waals surface area contributed by atoms with Gasteiger partial charge in [-0.15, -0.1) is 0 Å². The molecule has 0 spiro atoms. The summed E-state index contributed by atoms with van der Waals surface area (Å²) in [7, 11) is 1.57. The standard InChI is InChI=1S/C7H16N2OS/c1-4-9(5-2)6-8-7(11)10-3/h4-6H2,1-3H3,(H,8,11). The molecule has 0 unspecified atom stereocenters. The molecule has 0 aliphatic rings. The van der Waals surface area contributed by atoms with E-state index in [1.165, 1.54) is 0 Å². The number of nitrogens with zero attached hydrogens (tertiary/aromatic N) is 1. The second-order valence-corrected chi connectivity index (χ2v) is 2.50. The average Bonchev–Trinajstić information content (AvgIpc) is 2.06. The second-order valence-electron chi connectivity index (χ2n) is 2.13. The number of rotatable bonds is 4. The third-order valence-corrected chi connectivity index (χ3v) is 1.84. The highest BCUT2D eigenvalue weighted by atomic mass is 32.1. The van der Waals surface area contributed by atoms with Crippen LogP contribution in [-0.4, -0.2) is 36.9 Å². The van der Waals surface area contributed by atoms with Crippen LogP contribution >= 0.6 is 12.2 Å². The topological polar surface area (TPSA) is 24.5 Å². The lowest BCUT2D eigenvalue weighted by molar-refractivity contribution is 0.284. The fourth-order valence-electron chi connectivity index (χ4n) is 0.696. The highest BCUT2D eigenvalue weighted by Gasteiger charge is 1.98. The van der Waals surface area contributed by atoms with Crippen molar-refractivity contribution in [1.29, 1.82) is 0 Å². The van der Waals surface area contributed by atoms with Crippen LogP contribution in [0.2, 0.25) is 0 Å². The number of thiocarbonyl (C=S) groups is 1. The lowest BCUT2D eigenvalue weighted by Gasteiger charge is -2.18. The van der Waals surface area contributed by atoms with Gasteiger partial charge in [0.25, 0.3) is 5.17 Å². The Balaban J connectivity index is 3.42. The Kier molecular flexibility index (Phi) is 6.16. The molecule has 0 aromatic carbocycles. The summed E-state index contributed by atoms with van der Waals surface area (Å²) in [6.45, 7) is 7.04. The molecule has 0 aromatic rings. The monoisotopic (exact) mass is 176 g/mol. The number of nitrogens with one attached hydrogen (secondary N) is 1. The van der Waals surface area contributed by atoms with Crippen molar-refractivity contribution in [3.05, 3.63) is 0 Å². The molecule has 3 nitrogen and oxygen atoms in total. The van der Waals surface area contributed by atoms with Gasteiger partial charge in [-0.3, -0.25) is 4.90 Å². The van der Waals surface area contributed by atoms with Crippen LogP contribution in [0, 0.1) is 0 Å². The molecule has 0 aromatic heterocycles. The van der Waals surface area contributed by atoms with Crippen LogP contribution in [0.4, 0.5) is 0 Å². The van der Waals surface area contributed by atoms with Crippen molar-refractivity contribution in [2.45, 2.75) is 13.8 Å². The second kappa shape index (κ2) is 6.37. The Morgan fingerprint density at radius 1 is 1.45 bits per heavy atom. The molecule has 0 bridgehead atoms. The van der Waals surface area contributed by atoms with Crippen LogP contribution in [0.15, 0.2) is 0 Å². The van der Waals surface area contributed by atoms with Gasteiger partial charge in [0.2, 0.25) is 0 Å². The molecule has 0 rings (SSSR count). The molecule has 0 radical (unpaired) electrons. The Bertz CT molecular complexity index is 115. The summed E-state index contributed by atoms with van der Waals surface area (Å²) in [6.07, 6.45) is 0. The summed E-state index contributed by atoms with van der Waals surface area (Å²) in [6, 6.07) is 0. The summed E-state index contributed by atoms with van der Waals surface area (Å²) in [4.78, 5) is 2.21. The zero-order valence-corrected chi connectivity index (χ0v) is 8.20. The first-order valence-electron chi connectivity index (χ1n) is 3.78. The van der Waals surface area contributed by atoms with Crippen molar-refractivity contribution in [3.63, 3.8) is 0 Å². The van der Waals surface area contributed by atoms with Crippen LogP contribution in [0.1, 0.15) is 13.8 Å². The summed E-state index contributed by atoms with van der Waals surface area (Å²) in [5.74, 6) is 0. The quantitative estimate of drug-likeness (QED) is 0.506. The van der Waals surface area contributed by atoms with Crippen molar-refractivity contribution in [1.82, 2.24) is 10.2 Å². The van der Waals surface area contributed by atoms with Crippen molar-refractivity contribution in [2.24, 2.45) is 0 Å². The normalized spacial score (nSPS) is 9.82. The highest BCUT2D eigenvalue weighted by Crippen LogP contribution is 1.83. The fraction of sp³-hybridized carbons (Fsp3) is 0.857. The molecule has 0 saturated heterocycles. The molecule has 1 N–H and O–H groups in total. The zero-order chi connectivity index (χ0) is 8.69. The number of ether oxygens (including phenoxy) is 1. The maximum absolute atomic E-state index is 4.81. The van der Waals surface area contributed by atoms with Gasteiger partial charge in [-0.25, -0.2) is 0 Å². The van der Waals surface area contributed by atoms with Crippen LogP contribution in [0.3, 0.4) is 0 Å². The molecule has 0 atom stereocenters. The van der Waals surface area contributed by atoms with E-state index in [1.807, 2.05) is 0 Å². The Morgan fingerprint density at radius 2 is 2.00 bits per heavy atom. The number of hydrogen-bond donors (Lipinski definition) is 1. The van der Waals surface area contributed by atoms with Gasteiger partial charge >= 0.3 is 0 Å². The first-order valence-corrected chi connectivity index (χ1v) is 4.19. The Morgan fingerprint density at radius 3 is 2.36 bits per heavy atom. The van der Waals surface area contributed by atoms with Crippen molar-refractivity contribution in [2.75, 3.05) is 26.9 Å². The molecular weight excluding hydrogens is 160 g/mol. The van der Waals surface area contributed by atoms with Gasteiger partial charge in [-0.05, 0) is 25.3 Å². The van der Waals surface area contributed by atoms with E-state index in [2.05, 4.69) is 24.1 Å². The van der Waals surface area contributed by atoms with Gasteiger partial charge in [0.1, 0.15) is 0 Å². The van der Waals surface area contributed by atoms with E-state index >= 15 is 0 Å². The molecule has 0 aliphatic carbocycles. The van der Waals surface area contributed by atoms with Gasteiger partial charge in [0.05, 0.1) is 13.8 Å². The SMILES string of the molecule is CCN(CC)CNC(=S)OC. The van der Waals surface area contributed by atoms with Crippen LogP contribution in [-0.2, 0) is 4.74 Å². The van der Waals surface area contributed by atoms with Gasteiger partial charge < -0.3 is 10.1 Å². The third kappa shape index (κ3) is 4.98. The molecule has 0 heterocycles. The van der Waals surface area contributed by atoms with E-state index < -0.39 is 0 Å². The van der Waals surface area contributed by atoms with E-state index in [9.17, 15) is 0 Å². The third-order valence-electron chi connectivity index (χ3n) is 1.53. The smallest absolute Gasteiger partial charge is 0.257 e. The van der Waals surface area contributed by atoms with Crippen LogP contribution in [0.5, 0.6) is 0 Å². The summed E-state index contributed by atoms with van der Waals surface area (Å²) >= 11 is 4.81. The first-order chi connectivity index (χ1) is 5.24. The van der Waals surface area contributed by atoms with Gasteiger partial charge in [0, 0.05) is 0 Å². The largest absolute Gasteiger partial charge is 0.474 e. The maximum Gasteiger partial charge on any atom is 0.257 e. The van der Waals surface area contributed by atoms with E-state index in [0.717, 1.165) is 19.8 Å². The average molecular weight is 176 g/mol. The van der Waals surface area contributed by atoms with Gasteiger partial charge in [-0.2, -0.15) is 0 Å². The van der Waals surface area contributed by atoms with E-state index in [0.29, 0.717) is 5.17 Å². The Labute approximate surface area is 73.7 Å². The van der Waals surface area contributed by atoms with E-state index in [4.69, 9.17) is 17.0 Å². The summed E-state index contributed by atoms with van der Waals surface area (Å²) in [5, 5.41) is 3.42. The van der Waals surface area contributed by atoms with E-state index in [1.54, 1.807) is 7.11 Å². The van der Waals surface area contributed by atoms with Crippen LogP contribution < -0.4 is 5.32 Å². The molecule has 0 fully saturated rings. The minimum Gasteiger partial charge on any atom is -0.474 e. The predicted molar refractivity (Wildman–Crippen MR) is 50.5 cm³/mol. The summed E-state index contributed by atoms with van der Waals surface area (Å²) in [5.41, 5.74) is 0. The number of hydrogen-bond acceptors (Lipinski definition) is 3. The lowest BCUT2D eigenvalue weighted by Crippen LogP contribution is -2.37. The molecule has 11 heavy (non-hydrogen) atoms. The predicted octanol–water partition coefficient (Wildman–Crippen LogP) is 0.807. The van der Waals surface area contributed by atoms with Crippen molar-refractivity contribution in [3.8, 4) is 0 Å². The molecule has 0 amide bonds. The summed E-state index contributed by atoms with van der Waals surface area (Å²) < 4.78 is 4.78. The molecule has 66 valence electrons. The molecule has 0 aliphatic heterocycles. The zero-order valence-electron chi connectivity index (χ0n) is 7.39. The maximum atomic E-state index is 4.81. The fourth-order valence-corrected chi connectivity index (χ4v) is 0.760. The van der Waals surface area contributed by atoms with E-state index in [-0.39, 0.29) is 0 Å². The van der Waals surface area contributed by atoms with Gasteiger partial charge in [-0.1, -0.05) is 13.8 Å². The number of methoxy groups -OCH3 is 1. The molecular formula is C7H16N2OS. The minimum absolute atomic E-state index is 0.455. The van der Waals surface area contributed by atoms with Crippen molar-refractivity contribution < 1.29 is 4.74 Å². The highest BCUT2D eigenvalue weighted by molar-refractivity contribution is 7.80. The lowest BCUT2D eigenvalue weighted by atomic mass is 10.5. The van der Waals surface area contributed by atoms with Gasteiger partial charge in [0.15, 0.2) is 0 Å². The molecule has 0 saturated carbocycles. The Hall–Kier alpha value is -0.350. The molecule has 4 heteroatoms. The van der Waals surface area contributed by atoms with Crippen LogP contribution in [0.25, 0.3) is 0 Å². The minimum atomic E-state index is 0.455. The van der Waals surface area contributed by atoms with Crippen molar-refractivity contribution >= 4 is 17.4 Å².